The largest absolute Gasteiger partial charge is 0.322 e. The van der Waals surface area contributed by atoms with Crippen LogP contribution >= 0.6 is 43.5 Å². The molecule has 108 valence electrons. The number of nitrogens with zero attached hydrogens (tertiary/aromatic N) is 1. The van der Waals surface area contributed by atoms with E-state index < -0.39 is 10.8 Å². The van der Waals surface area contributed by atoms with Crippen molar-refractivity contribution >= 4 is 60.7 Å². The van der Waals surface area contributed by atoms with Crippen molar-refractivity contribution in [3.05, 3.63) is 66.0 Å². The first-order valence-corrected chi connectivity index (χ1v) is 7.56. The minimum atomic E-state index is -0.556. The van der Waals surface area contributed by atoms with Gasteiger partial charge in [-0.25, -0.2) is 0 Å². The lowest BCUT2D eigenvalue weighted by atomic mass is 10.2. The van der Waals surface area contributed by atoms with Crippen molar-refractivity contribution in [2.75, 3.05) is 5.32 Å². The molecule has 0 aliphatic rings. The number of nitro groups is 1. The fourth-order valence-corrected chi connectivity index (χ4v) is 2.69. The third kappa shape index (κ3) is 3.61. The molecule has 0 unspecified atom stereocenters. The van der Waals surface area contributed by atoms with Crippen LogP contribution in [0.2, 0.25) is 5.02 Å². The standard InChI is InChI=1S/C13H7Br2ClN2O3/c14-9-6-7(4-5-10(9)16)17-13(19)8-2-1-3-11(12(8)15)18(20)21/h1-6H,(H,17,19). The van der Waals surface area contributed by atoms with Crippen LogP contribution in [-0.2, 0) is 0 Å². The molecule has 0 fully saturated rings. The maximum atomic E-state index is 12.2. The van der Waals surface area contributed by atoms with Gasteiger partial charge in [0.05, 0.1) is 15.5 Å². The van der Waals surface area contributed by atoms with Crippen LogP contribution in [0.4, 0.5) is 11.4 Å². The Labute approximate surface area is 141 Å². The van der Waals surface area contributed by atoms with Crippen LogP contribution in [0.1, 0.15) is 10.4 Å². The minimum Gasteiger partial charge on any atom is -0.322 e. The van der Waals surface area contributed by atoms with Crippen molar-refractivity contribution in [1.29, 1.82) is 0 Å². The van der Waals surface area contributed by atoms with Gasteiger partial charge in [-0.15, -0.1) is 0 Å². The molecule has 0 saturated carbocycles. The minimum absolute atomic E-state index is 0.139. The second kappa shape index (κ2) is 6.55. The van der Waals surface area contributed by atoms with E-state index in [1.165, 1.54) is 18.2 Å². The highest BCUT2D eigenvalue weighted by atomic mass is 79.9. The smallest absolute Gasteiger partial charge is 0.284 e. The molecule has 0 atom stereocenters. The van der Waals surface area contributed by atoms with Gasteiger partial charge in [-0.1, -0.05) is 17.7 Å². The molecular formula is C13H7Br2ClN2O3. The van der Waals surface area contributed by atoms with E-state index in [9.17, 15) is 14.9 Å². The molecule has 5 nitrogen and oxygen atoms in total. The van der Waals surface area contributed by atoms with Gasteiger partial charge in [0.1, 0.15) is 4.47 Å². The van der Waals surface area contributed by atoms with Gasteiger partial charge in [-0.3, -0.25) is 14.9 Å². The number of carbonyl (C=O) groups excluding carboxylic acids is 1. The number of halogens is 3. The van der Waals surface area contributed by atoms with E-state index in [1.54, 1.807) is 18.2 Å². The summed E-state index contributed by atoms with van der Waals surface area (Å²) in [7, 11) is 0. The predicted molar refractivity (Wildman–Crippen MR) is 87.9 cm³/mol. The van der Waals surface area contributed by atoms with Crippen molar-refractivity contribution in [3.8, 4) is 0 Å². The molecule has 2 rings (SSSR count). The van der Waals surface area contributed by atoms with Crippen molar-refractivity contribution in [2.45, 2.75) is 0 Å². The van der Waals surface area contributed by atoms with Crippen LogP contribution in [0.5, 0.6) is 0 Å². The van der Waals surface area contributed by atoms with Gasteiger partial charge in [0.2, 0.25) is 0 Å². The highest BCUT2D eigenvalue weighted by Crippen LogP contribution is 2.30. The molecule has 0 saturated heterocycles. The summed E-state index contributed by atoms with van der Waals surface area (Å²) < 4.78 is 0.778. The fraction of sp³-hybridized carbons (Fsp3) is 0. The van der Waals surface area contributed by atoms with E-state index in [0.717, 1.165) is 0 Å². The summed E-state index contributed by atoms with van der Waals surface area (Å²) in [6, 6.07) is 9.18. The number of rotatable bonds is 3. The third-order valence-corrected chi connectivity index (χ3v) is 4.64. The van der Waals surface area contributed by atoms with E-state index in [-0.39, 0.29) is 15.7 Å². The maximum Gasteiger partial charge on any atom is 0.284 e. The Hall–Kier alpha value is -1.44. The summed E-state index contributed by atoms with van der Waals surface area (Å²) in [6.07, 6.45) is 0. The second-order valence-corrected chi connectivity index (χ2v) is 6.03. The number of hydrogen-bond donors (Lipinski definition) is 1. The first-order chi connectivity index (χ1) is 9.90. The van der Waals surface area contributed by atoms with Gasteiger partial charge in [0, 0.05) is 16.2 Å². The van der Waals surface area contributed by atoms with Crippen LogP contribution in [0.3, 0.4) is 0 Å². The average molecular weight is 434 g/mol. The Morgan fingerprint density at radius 1 is 1.24 bits per heavy atom. The first-order valence-electron chi connectivity index (χ1n) is 5.59. The number of nitrogens with one attached hydrogen (secondary N) is 1. The number of amides is 1. The quantitative estimate of drug-likeness (QED) is 0.544. The Balaban J connectivity index is 2.30. The highest BCUT2D eigenvalue weighted by molar-refractivity contribution is 9.11. The lowest BCUT2D eigenvalue weighted by Gasteiger charge is -2.08. The Kier molecular flexibility index (Phi) is 4.97. The lowest BCUT2D eigenvalue weighted by molar-refractivity contribution is -0.385. The zero-order valence-electron chi connectivity index (χ0n) is 10.3. The number of carbonyl (C=O) groups is 1. The predicted octanol–water partition coefficient (Wildman–Crippen LogP) is 5.03. The molecule has 0 heterocycles. The van der Waals surface area contributed by atoms with Crippen molar-refractivity contribution in [2.24, 2.45) is 0 Å². The monoisotopic (exact) mass is 432 g/mol. The topological polar surface area (TPSA) is 72.2 Å². The normalized spacial score (nSPS) is 10.2. The van der Waals surface area contributed by atoms with Gasteiger partial charge < -0.3 is 5.32 Å². The molecule has 8 heteroatoms. The van der Waals surface area contributed by atoms with Crippen LogP contribution in [-0.4, -0.2) is 10.8 Å². The summed E-state index contributed by atoms with van der Waals surface area (Å²) in [5.41, 5.74) is 0.532. The third-order valence-electron chi connectivity index (χ3n) is 2.60. The molecule has 0 aliphatic heterocycles. The molecule has 1 N–H and O–H groups in total. The van der Waals surface area contributed by atoms with Gasteiger partial charge in [-0.2, -0.15) is 0 Å². The van der Waals surface area contributed by atoms with E-state index >= 15 is 0 Å². The molecule has 2 aromatic rings. The van der Waals surface area contributed by atoms with E-state index in [2.05, 4.69) is 37.2 Å². The molecule has 0 aliphatic carbocycles. The average Bonchev–Trinajstić information content (AvgIpc) is 2.42. The van der Waals surface area contributed by atoms with Crippen molar-refractivity contribution in [3.63, 3.8) is 0 Å². The SMILES string of the molecule is O=C(Nc1ccc(Cl)c(Br)c1)c1cccc([N+](=O)[O-])c1Br. The number of anilines is 1. The van der Waals surface area contributed by atoms with Gasteiger partial charge >= 0.3 is 0 Å². The molecule has 0 aromatic heterocycles. The van der Waals surface area contributed by atoms with Gasteiger partial charge in [-0.05, 0) is 56.1 Å². The van der Waals surface area contributed by atoms with Crippen LogP contribution < -0.4 is 5.32 Å². The number of hydrogen-bond acceptors (Lipinski definition) is 3. The summed E-state index contributed by atoms with van der Waals surface area (Å²) in [6.45, 7) is 0. The van der Waals surface area contributed by atoms with E-state index in [0.29, 0.717) is 15.2 Å². The van der Waals surface area contributed by atoms with Crippen molar-refractivity contribution in [1.82, 2.24) is 0 Å². The summed E-state index contributed by atoms with van der Waals surface area (Å²) in [5, 5.41) is 14.0. The summed E-state index contributed by atoms with van der Waals surface area (Å²) in [4.78, 5) is 22.5. The second-order valence-electron chi connectivity index (χ2n) is 3.98. The summed E-state index contributed by atoms with van der Waals surface area (Å²) >= 11 is 12.2. The van der Waals surface area contributed by atoms with Gasteiger partial charge in [0.15, 0.2) is 0 Å². The molecule has 0 bridgehead atoms. The Morgan fingerprint density at radius 2 is 1.95 bits per heavy atom. The Bertz CT molecular complexity index is 737. The maximum absolute atomic E-state index is 12.2. The Morgan fingerprint density at radius 3 is 2.57 bits per heavy atom. The molecular weight excluding hydrogens is 427 g/mol. The van der Waals surface area contributed by atoms with Crippen LogP contribution in [0, 0.1) is 10.1 Å². The molecule has 0 radical (unpaired) electrons. The summed E-state index contributed by atoms with van der Waals surface area (Å²) in [5.74, 6) is -0.459. The fourth-order valence-electron chi connectivity index (χ4n) is 1.61. The van der Waals surface area contributed by atoms with E-state index in [1.807, 2.05) is 0 Å². The molecule has 0 spiro atoms. The highest BCUT2D eigenvalue weighted by Gasteiger charge is 2.19. The number of nitro benzene ring substituents is 1. The van der Waals surface area contributed by atoms with E-state index in [4.69, 9.17) is 11.6 Å². The van der Waals surface area contributed by atoms with Gasteiger partial charge in [0.25, 0.3) is 11.6 Å². The zero-order chi connectivity index (χ0) is 15.6. The molecule has 2 aromatic carbocycles. The molecule has 21 heavy (non-hydrogen) atoms. The number of benzene rings is 2. The van der Waals surface area contributed by atoms with Crippen molar-refractivity contribution < 1.29 is 9.72 Å². The molecule has 1 amide bonds. The lowest BCUT2D eigenvalue weighted by Crippen LogP contribution is -2.13. The first kappa shape index (κ1) is 15.9. The van der Waals surface area contributed by atoms with Crippen LogP contribution in [0.15, 0.2) is 45.3 Å². The van der Waals surface area contributed by atoms with Crippen LogP contribution in [0.25, 0.3) is 0 Å². The zero-order valence-corrected chi connectivity index (χ0v) is 14.2.